The summed E-state index contributed by atoms with van der Waals surface area (Å²) in [6.07, 6.45) is 5.85. The van der Waals surface area contributed by atoms with Crippen molar-refractivity contribution in [2.75, 3.05) is 33.7 Å². The summed E-state index contributed by atoms with van der Waals surface area (Å²) in [6, 6.07) is 4.37. The van der Waals surface area contributed by atoms with Gasteiger partial charge < -0.3 is 14.4 Å². The van der Waals surface area contributed by atoms with Crippen LogP contribution in [0.4, 0.5) is 4.39 Å². The summed E-state index contributed by atoms with van der Waals surface area (Å²) in [6.45, 7) is 5.03. The van der Waals surface area contributed by atoms with Gasteiger partial charge in [-0.05, 0) is 57.6 Å². The highest BCUT2D eigenvalue weighted by Gasteiger charge is 2.28. The van der Waals surface area contributed by atoms with Crippen molar-refractivity contribution in [2.24, 2.45) is 0 Å². The maximum atomic E-state index is 13.3. The van der Waals surface area contributed by atoms with Crippen LogP contribution in [0.15, 0.2) is 30.6 Å². The van der Waals surface area contributed by atoms with Gasteiger partial charge in [0.2, 0.25) is 0 Å². The Labute approximate surface area is 154 Å². The molecule has 1 aromatic carbocycles. The van der Waals surface area contributed by atoms with Crippen molar-refractivity contribution < 1.29 is 9.18 Å². The van der Waals surface area contributed by atoms with E-state index in [1.165, 1.54) is 12.1 Å². The van der Waals surface area contributed by atoms with Crippen LogP contribution < -0.4 is 0 Å². The van der Waals surface area contributed by atoms with Crippen LogP contribution >= 0.6 is 0 Å². The molecule has 0 unspecified atom stereocenters. The van der Waals surface area contributed by atoms with E-state index in [0.717, 1.165) is 38.3 Å². The number of aromatic nitrogens is 2. The fraction of sp³-hybridized carbons (Fsp3) is 0.500. The van der Waals surface area contributed by atoms with Gasteiger partial charge in [0.25, 0.3) is 5.91 Å². The molecule has 140 valence electrons. The fourth-order valence-corrected chi connectivity index (χ4v) is 3.59. The number of carbonyl (C=O) groups is 1. The molecule has 0 aliphatic carbocycles. The molecule has 0 bridgehead atoms. The monoisotopic (exact) mass is 358 g/mol. The number of likely N-dealkylation sites (N-methyl/N-ethyl adjacent to an activating group) is 1. The van der Waals surface area contributed by atoms with E-state index >= 15 is 0 Å². The Morgan fingerprint density at radius 2 is 2.19 bits per heavy atom. The SMILES string of the molecule is Cc1cc(F)ccc1C(=O)N1CCC[C@@H](c2nccn2CCN(C)C)C1. The minimum absolute atomic E-state index is 0.0152. The number of imidazole rings is 1. The minimum Gasteiger partial charge on any atom is -0.338 e. The molecule has 1 atom stereocenters. The molecule has 6 heteroatoms. The van der Waals surface area contributed by atoms with Crippen molar-refractivity contribution in [1.82, 2.24) is 19.4 Å². The summed E-state index contributed by atoms with van der Waals surface area (Å²) in [5, 5.41) is 0. The first-order valence-corrected chi connectivity index (χ1v) is 9.17. The van der Waals surface area contributed by atoms with Crippen LogP contribution in [0.25, 0.3) is 0 Å². The van der Waals surface area contributed by atoms with Crippen molar-refractivity contribution in [3.05, 3.63) is 53.4 Å². The second kappa shape index (κ2) is 7.99. The molecule has 1 aliphatic rings. The number of hydrogen-bond donors (Lipinski definition) is 0. The minimum atomic E-state index is -0.307. The van der Waals surface area contributed by atoms with Crippen molar-refractivity contribution in [2.45, 2.75) is 32.2 Å². The average Bonchev–Trinajstić information content (AvgIpc) is 3.08. The van der Waals surface area contributed by atoms with E-state index in [4.69, 9.17) is 0 Å². The van der Waals surface area contributed by atoms with E-state index in [-0.39, 0.29) is 17.6 Å². The lowest BCUT2D eigenvalue weighted by molar-refractivity contribution is 0.0702. The number of likely N-dealkylation sites (tertiary alicyclic amines) is 1. The first kappa shape index (κ1) is 18.6. The Hall–Kier alpha value is -2.21. The van der Waals surface area contributed by atoms with Crippen LogP contribution in [-0.4, -0.2) is 59.0 Å². The van der Waals surface area contributed by atoms with E-state index in [1.54, 1.807) is 13.0 Å². The molecular weight excluding hydrogens is 331 g/mol. The van der Waals surface area contributed by atoms with Crippen molar-refractivity contribution >= 4 is 5.91 Å². The van der Waals surface area contributed by atoms with Gasteiger partial charge in [-0.25, -0.2) is 9.37 Å². The molecule has 2 aromatic rings. The van der Waals surface area contributed by atoms with Crippen LogP contribution in [0, 0.1) is 12.7 Å². The topological polar surface area (TPSA) is 41.4 Å². The third-order valence-corrected chi connectivity index (χ3v) is 5.03. The van der Waals surface area contributed by atoms with E-state index in [2.05, 4.69) is 28.5 Å². The number of carbonyl (C=O) groups excluding carboxylic acids is 1. The van der Waals surface area contributed by atoms with E-state index in [1.807, 2.05) is 17.3 Å². The number of amides is 1. The summed E-state index contributed by atoms with van der Waals surface area (Å²) in [5.41, 5.74) is 1.27. The number of nitrogens with zero attached hydrogens (tertiary/aromatic N) is 4. The van der Waals surface area contributed by atoms with E-state index < -0.39 is 0 Å². The van der Waals surface area contributed by atoms with Crippen LogP contribution in [0.2, 0.25) is 0 Å². The largest absolute Gasteiger partial charge is 0.338 e. The normalized spacial score (nSPS) is 17.7. The second-order valence-electron chi connectivity index (χ2n) is 7.33. The van der Waals surface area contributed by atoms with Gasteiger partial charge >= 0.3 is 0 Å². The molecule has 5 nitrogen and oxygen atoms in total. The van der Waals surface area contributed by atoms with Gasteiger partial charge in [0.1, 0.15) is 11.6 Å². The summed E-state index contributed by atoms with van der Waals surface area (Å²) in [7, 11) is 4.12. The number of halogens is 1. The molecular formula is C20H27FN4O. The highest BCUT2D eigenvalue weighted by Crippen LogP contribution is 2.27. The highest BCUT2D eigenvalue weighted by molar-refractivity contribution is 5.95. The van der Waals surface area contributed by atoms with Crippen LogP contribution in [-0.2, 0) is 6.54 Å². The molecule has 1 amide bonds. The summed E-state index contributed by atoms with van der Waals surface area (Å²) in [5.74, 6) is 0.975. The van der Waals surface area contributed by atoms with Crippen molar-refractivity contribution in [3.8, 4) is 0 Å². The number of aryl methyl sites for hydroxylation is 1. The Kier molecular flexibility index (Phi) is 5.71. The maximum absolute atomic E-state index is 13.3. The van der Waals surface area contributed by atoms with Gasteiger partial charge in [-0.2, -0.15) is 0 Å². The molecule has 0 radical (unpaired) electrons. The maximum Gasteiger partial charge on any atom is 0.254 e. The molecule has 3 rings (SSSR count). The Bertz CT molecular complexity index is 771. The zero-order chi connectivity index (χ0) is 18.7. The Balaban J connectivity index is 1.73. The third kappa shape index (κ3) is 4.12. The Morgan fingerprint density at radius 3 is 2.92 bits per heavy atom. The third-order valence-electron chi connectivity index (χ3n) is 5.03. The van der Waals surface area contributed by atoms with E-state index in [9.17, 15) is 9.18 Å². The molecule has 1 aliphatic heterocycles. The van der Waals surface area contributed by atoms with Crippen LogP contribution in [0.5, 0.6) is 0 Å². The molecule has 1 aromatic heterocycles. The summed E-state index contributed by atoms with van der Waals surface area (Å²) in [4.78, 5) is 21.5. The lowest BCUT2D eigenvalue weighted by atomic mass is 9.96. The standard InChI is InChI=1S/C20H27FN4O/c1-15-13-17(21)6-7-18(15)20(26)25-9-4-5-16(14-25)19-22-8-10-24(19)12-11-23(2)3/h6-8,10,13,16H,4-5,9,11-12,14H2,1-3H3/t16-/m1/s1. The predicted molar refractivity (Wildman–Crippen MR) is 99.8 cm³/mol. The molecule has 1 saturated heterocycles. The lowest BCUT2D eigenvalue weighted by Crippen LogP contribution is -2.40. The lowest BCUT2D eigenvalue weighted by Gasteiger charge is -2.33. The van der Waals surface area contributed by atoms with Crippen LogP contribution in [0.3, 0.4) is 0 Å². The Morgan fingerprint density at radius 1 is 1.38 bits per heavy atom. The van der Waals surface area contributed by atoms with Gasteiger partial charge in [0, 0.05) is 50.1 Å². The number of hydrogen-bond acceptors (Lipinski definition) is 3. The number of piperidine rings is 1. The molecule has 0 spiro atoms. The van der Waals surface area contributed by atoms with Gasteiger partial charge in [-0.1, -0.05) is 0 Å². The van der Waals surface area contributed by atoms with Gasteiger partial charge in [-0.3, -0.25) is 4.79 Å². The summed E-state index contributed by atoms with van der Waals surface area (Å²) < 4.78 is 15.5. The zero-order valence-corrected chi connectivity index (χ0v) is 15.8. The van der Waals surface area contributed by atoms with E-state index in [0.29, 0.717) is 17.7 Å². The van der Waals surface area contributed by atoms with Gasteiger partial charge in [-0.15, -0.1) is 0 Å². The van der Waals surface area contributed by atoms with Crippen molar-refractivity contribution in [1.29, 1.82) is 0 Å². The first-order valence-electron chi connectivity index (χ1n) is 9.17. The first-order chi connectivity index (χ1) is 12.5. The number of benzene rings is 1. The average molecular weight is 358 g/mol. The van der Waals surface area contributed by atoms with Gasteiger partial charge in [0.15, 0.2) is 0 Å². The molecule has 1 fully saturated rings. The molecule has 0 saturated carbocycles. The molecule has 2 heterocycles. The van der Waals surface area contributed by atoms with Crippen molar-refractivity contribution in [3.63, 3.8) is 0 Å². The molecule has 26 heavy (non-hydrogen) atoms. The zero-order valence-electron chi connectivity index (χ0n) is 15.8. The fourth-order valence-electron chi connectivity index (χ4n) is 3.59. The summed E-state index contributed by atoms with van der Waals surface area (Å²) >= 11 is 0. The van der Waals surface area contributed by atoms with Gasteiger partial charge in [0.05, 0.1) is 0 Å². The van der Waals surface area contributed by atoms with Crippen LogP contribution in [0.1, 0.15) is 40.5 Å². The number of rotatable bonds is 5. The highest BCUT2D eigenvalue weighted by atomic mass is 19.1. The second-order valence-corrected chi connectivity index (χ2v) is 7.33. The predicted octanol–water partition coefficient (Wildman–Crippen LogP) is 2.91. The molecule has 0 N–H and O–H groups in total. The smallest absolute Gasteiger partial charge is 0.254 e. The quantitative estimate of drug-likeness (QED) is 0.825.